The molecule has 5 atom stereocenters. The Morgan fingerprint density at radius 3 is 2.85 bits per heavy atom. The molecule has 0 amide bonds. The van der Waals surface area contributed by atoms with Gasteiger partial charge in [-0.2, -0.15) is 0 Å². The van der Waals surface area contributed by atoms with Gasteiger partial charge in [0.2, 0.25) is 0 Å². The maximum absolute atomic E-state index is 12.3. The number of rotatable bonds is 1. The zero-order valence-corrected chi connectivity index (χ0v) is 15.8. The van der Waals surface area contributed by atoms with E-state index in [1.165, 1.54) is 16.7 Å². The molecule has 0 aromatic rings. The van der Waals surface area contributed by atoms with Crippen LogP contribution < -0.4 is 0 Å². The van der Waals surface area contributed by atoms with Gasteiger partial charge in [0.05, 0.1) is 0 Å². The molecule has 0 saturated heterocycles. The van der Waals surface area contributed by atoms with Gasteiger partial charge in [0.1, 0.15) is 12.4 Å². The van der Waals surface area contributed by atoms with Gasteiger partial charge in [-0.25, -0.2) is 0 Å². The molecule has 1 N–H and O–H groups in total. The van der Waals surface area contributed by atoms with Gasteiger partial charge >= 0.3 is 0 Å². The van der Waals surface area contributed by atoms with Crippen LogP contribution in [0.2, 0.25) is 0 Å². The molecule has 0 radical (unpaired) electrons. The van der Waals surface area contributed by atoms with E-state index in [9.17, 15) is 14.7 Å². The summed E-state index contributed by atoms with van der Waals surface area (Å²) in [5, 5.41) is 9.22. The molecule has 0 heterocycles. The summed E-state index contributed by atoms with van der Waals surface area (Å²) < 4.78 is 0. The van der Waals surface area contributed by atoms with E-state index in [2.05, 4.69) is 18.8 Å². The summed E-state index contributed by atoms with van der Waals surface area (Å²) in [7, 11) is 0. The average molecular weight is 352 g/mol. The van der Waals surface area contributed by atoms with Crippen molar-refractivity contribution >= 4 is 11.6 Å². The van der Waals surface area contributed by atoms with Crippen LogP contribution in [-0.4, -0.2) is 23.3 Å². The monoisotopic (exact) mass is 352 g/mol. The van der Waals surface area contributed by atoms with Crippen molar-refractivity contribution in [1.29, 1.82) is 0 Å². The third-order valence-electron chi connectivity index (χ3n) is 7.64. The van der Waals surface area contributed by atoms with E-state index in [1.54, 1.807) is 6.92 Å². The van der Waals surface area contributed by atoms with Crippen LogP contribution in [0, 0.1) is 40.9 Å². The maximum Gasteiger partial charge on any atom is 0.156 e. The second kappa shape index (κ2) is 6.50. The molecule has 4 rings (SSSR count). The van der Waals surface area contributed by atoms with Gasteiger partial charge < -0.3 is 5.11 Å². The molecule has 138 valence electrons. The van der Waals surface area contributed by atoms with Crippen molar-refractivity contribution in [2.75, 3.05) is 6.61 Å². The Morgan fingerprint density at radius 1 is 1.31 bits per heavy atom. The molecule has 26 heavy (non-hydrogen) atoms. The average Bonchev–Trinajstić information content (AvgIpc) is 2.96. The topological polar surface area (TPSA) is 54.4 Å². The number of aliphatic hydroxyl groups is 1. The molecule has 0 aliphatic heterocycles. The lowest BCUT2D eigenvalue weighted by molar-refractivity contribution is -0.125. The molecule has 2 saturated carbocycles. The SMILES string of the molecule is CC(=O)[C@H]1CC[C@H]2[C@H]3C(=C4CCC(=O)C=C4C[C@H]3C#CCO)CC[C@]12C. The summed E-state index contributed by atoms with van der Waals surface area (Å²) in [4.78, 5) is 24.2. The molecule has 4 aliphatic rings. The number of allylic oxidation sites excluding steroid dienone is 4. The van der Waals surface area contributed by atoms with Crippen LogP contribution in [0.5, 0.6) is 0 Å². The first kappa shape index (κ1) is 17.7. The lowest BCUT2D eigenvalue weighted by Crippen LogP contribution is -2.44. The van der Waals surface area contributed by atoms with E-state index < -0.39 is 0 Å². The number of carbonyl (C=O) groups is 2. The molecule has 0 aromatic heterocycles. The second-order valence-corrected chi connectivity index (χ2v) is 8.81. The zero-order valence-electron chi connectivity index (χ0n) is 15.8. The largest absolute Gasteiger partial charge is 0.384 e. The van der Waals surface area contributed by atoms with Crippen molar-refractivity contribution in [3.8, 4) is 11.8 Å². The normalized spacial score (nSPS) is 38.6. The molecular weight excluding hydrogens is 324 g/mol. The minimum atomic E-state index is -0.120. The van der Waals surface area contributed by atoms with Crippen LogP contribution in [0.15, 0.2) is 22.8 Å². The molecule has 0 spiro atoms. The summed E-state index contributed by atoms with van der Waals surface area (Å²) >= 11 is 0. The Labute approximate surface area is 155 Å². The minimum Gasteiger partial charge on any atom is -0.384 e. The first-order chi connectivity index (χ1) is 12.5. The number of carbonyl (C=O) groups excluding carboxylic acids is 2. The summed E-state index contributed by atoms with van der Waals surface area (Å²) in [6, 6.07) is 0. The van der Waals surface area contributed by atoms with E-state index in [0.29, 0.717) is 24.0 Å². The van der Waals surface area contributed by atoms with E-state index in [-0.39, 0.29) is 29.6 Å². The Balaban J connectivity index is 1.80. The highest BCUT2D eigenvalue weighted by molar-refractivity contribution is 5.93. The number of ketones is 2. The van der Waals surface area contributed by atoms with Gasteiger partial charge in [-0.15, -0.1) is 0 Å². The van der Waals surface area contributed by atoms with Crippen molar-refractivity contribution < 1.29 is 14.7 Å². The number of Topliss-reactive ketones (excluding diaryl/α,β-unsaturated/α-hetero) is 1. The Morgan fingerprint density at radius 2 is 2.12 bits per heavy atom. The number of aliphatic hydroxyl groups excluding tert-OH is 1. The number of hydrogen-bond donors (Lipinski definition) is 1. The lowest BCUT2D eigenvalue weighted by atomic mass is 9.53. The van der Waals surface area contributed by atoms with E-state index in [4.69, 9.17) is 0 Å². The van der Waals surface area contributed by atoms with Crippen LogP contribution in [0.4, 0.5) is 0 Å². The lowest BCUT2D eigenvalue weighted by Gasteiger charge is -2.50. The third kappa shape index (κ3) is 2.62. The van der Waals surface area contributed by atoms with Crippen LogP contribution >= 0.6 is 0 Å². The zero-order chi connectivity index (χ0) is 18.5. The van der Waals surface area contributed by atoms with Crippen molar-refractivity contribution in [1.82, 2.24) is 0 Å². The Hall–Kier alpha value is -1.66. The summed E-state index contributed by atoms with van der Waals surface area (Å²) in [6.07, 6.45) is 8.35. The van der Waals surface area contributed by atoms with Crippen LogP contribution in [0.25, 0.3) is 0 Å². The predicted octanol–water partition coefficient (Wildman–Crippen LogP) is 3.62. The van der Waals surface area contributed by atoms with Crippen molar-refractivity contribution in [2.45, 2.75) is 58.8 Å². The van der Waals surface area contributed by atoms with Gasteiger partial charge in [0, 0.05) is 18.3 Å². The van der Waals surface area contributed by atoms with Gasteiger partial charge in [-0.3, -0.25) is 9.59 Å². The third-order valence-corrected chi connectivity index (χ3v) is 7.64. The highest BCUT2D eigenvalue weighted by Crippen LogP contribution is 2.63. The van der Waals surface area contributed by atoms with Gasteiger partial charge in [0.15, 0.2) is 5.78 Å². The molecule has 3 nitrogen and oxygen atoms in total. The summed E-state index contributed by atoms with van der Waals surface area (Å²) in [5.41, 5.74) is 4.20. The number of hydrogen-bond acceptors (Lipinski definition) is 3. The van der Waals surface area contributed by atoms with Gasteiger partial charge in [-0.1, -0.05) is 24.3 Å². The first-order valence-electron chi connectivity index (χ1n) is 10.0. The molecule has 3 heteroatoms. The smallest absolute Gasteiger partial charge is 0.156 e. The minimum absolute atomic E-state index is 0.0748. The van der Waals surface area contributed by atoms with Crippen LogP contribution in [0.3, 0.4) is 0 Å². The molecule has 2 fully saturated rings. The van der Waals surface area contributed by atoms with Gasteiger partial charge in [0.25, 0.3) is 0 Å². The van der Waals surface area contributed by atoms with Crippen molar-refractivity contribution in [2.24, 2.45) is 29.1 Å². The maximum atomic E-state index is 12.3. The Bertz CT molecular complexity index is 775. The van der Waals surface area contributed by atoms with Crippen LogP contribution in [0.1, 0.15) is 58.8 Å². The fraction of sp³-hybridized carbons (Fsp3) is 0.652. The molecular formula is C23H28O3. The predicted molar refractivity (Wildman–Crippen MR) is 100 cm³/mol. The number of fused-ring (bicyclic) bond motifs is 4. The Kier molecular flexibility index (Phi) is 4.43. The summed E-state index contributed by atoms with van der Waals surface area (Å²) in [5.74, 6) is 7.99. The van der Waals surface area contributed by atoms with Crippen molar-refractivity contribution in [3.63, 3.8) is 0 Å². The fourth-order valence-electron chi connectivity index (χ4n) is 6.56. The van der Waals surface area contributed by atoms with Gasteiger partial charge in [-0.05, 0) is 79.9 Å². The standard InChI is InChI=1S/C23H28O3/c1-14(25)20-7-8-21-22-15(4-3-11-24)12-16-13-17(26)5-6-18(16)19(22)9-10-23(20,21)2/h13,15,20-22,24H,5-12H2,1-2H3/t15-,20-,21+,22-,23-/m1/s1. The van der Waals surface area contributed by atoms with E-state index >= 15 is 0 Å². The van der Waals surface area contributed by atoms with Crippen LogP contribution in [-0.2, 0) is 9.59 Å². The quantitative estimate of drug-likeness (QED) is 0.733. The molecule has 0 aromatic carbocycles. The summed E-state index contributed by atoms with van der Waals surface area (Å²) in [6.45, 7) is 3.96. The molecule has 0 unspecified atom stereocenters. The van der Waals surface area contributed by atoms with E-state index in [1.807, 2.05) is 6.08 Å². The highest BCUT2D eigenvalue weighted by atomic mass is 16.2. The second-order valence-electron chi connectivity index (χ2n) is 8.81. The van der Waals surface area contributed by atoms with E-state index in [0.717, 1.165) is 38.5 Å². The fourth-order valence-corrected chi connectivity index (χ4v) is 6.56. The highest BCUT2D eigenvalue weighted by Gasteiger charge is 2.56. The first-order valence-corrected chi connectivity index (χ1v) is 10.0. The molecule has 4 aliphatic carbocycles. The van der Waals surface area contributed by atoms with Crippen molar-refractivity contribution in [3.05, 3.63) is 22.8 Å². The molecule has 0 bridgehead atoms.